The zero-order valence-corrected chi connectivity index (χ0v) is 16.3. The number of aliphatic hydroxyl groups is 1. The van der Waals surface area contributed by atoms with Crippen LogP contribution in [-0.4, -0.2) is 33.0 Å². The number of anilines is 1. The zero-order valence-electron chi connectivity index (χ0n) is 15.5. The van der Waals surface area contributed by atoms with Crippen LogP contribution in [0, 0.1) is 11.8 Å². The normalized spacial score (nSPS) is 22.8. The lowest BCUT2D eigenvalue weighted by Crippen LogP contribution is -2.37. The summed E-state index contributed by atoms with van der Waals surface area (Å²) in [5.41, 5.74) is 1.77. The van der Waals surface area contributed by atoms with E-state index in [0.717, 1.165) is 11.5 Å². The van der Waals surface area contributed by atoms with E-state index >= 15 is 0 Å². The van der Waals surface area contributed by atoms with Gasteiger partial charge in [0.15, 0.2) is 0 Å². The summed E-state index contributed by atoms with van der Waals surface area (Å²) in [5.74, 6) is 1.33. The minimum Gasteiger partial charge on any atom is -0.508 e. The van der Waals surface area contributed by atoms with Gasteiger partial charge < -0.3 is 9.84 Å². The maximum Gasteiger partial charge on any atom is 0.115 e. The van der Waals surface area contributed by atoms with Crippen molar-refractivity contribution in [2.45, 2.75) is 39.2 Å². The van der Waals surface area contributed by atoms with E-state index in [0.29, 0.717) is 30.4 Å². The number of rotatable bonds is 7. The maximum atomic E-state index is 12.3. The van der Waals surface area contributed by atoms with Gasteiger partial charge in [-0.05, 0) is 30.7 Å². The summed E-state index contributed by atoms with van der Waals surface area (Å²) >= 11 is 0. The molecule has 0 aromatic heterocycles. The molecule has 0 amide bonds. The number of aliphatic hydroxyl groups excluding tert-OH is 1. The summed E-state index contributed by atoms with van der Waals surface area (Å²) in [7, 11) is -3.95. The van der Waals surface area contributed by atoms with Crippen molar-refractivity contribution in [3.05, 3.63) is 35.9 Å². The third kappa shape index (κ3) is 6.80. The molecule has 25 heavy (non-hydrogen) atoms. The number of nitrogens with one attached hydrogen (secondary N) is 1. The van der Waals surface area contributed by atoms with E-state index in [1.54, 1.807) is 18.2 Å². The van der Waals surface area contributed by atoms with Gasteiger partial charge in [-0.2, -0.15) is 4.21 Å². The Balaban J connectivity index is 2.05. The second kappa shape index (κ2) is 7.48. The van der Waals surface area contributed by atoms with Gasteiger partial charge in [0.2, 0.25) is 0 Å². The molecule has 0 unspecified atom stereocenters. The van der Waals surface area contributed by atoms with Crippen LogP contribution in [-0.2, 0) is 20.9 Å². The minimum atomic E-state index is -3.95. The molecular weight excluding hydrogens is 338 g/mol. The van der Waals surface area contributed by atoms with Crippen LogP contribution in [0.3, 0.4) is 0 Å². The number of hydrogen-bond donors (Lipinski definition) is 3. The van der Waals surface area contributed by atoms with Crippen LogP contribution in [0.5, 0.6) is 0 Å². The first-order chi connectivity index (χ1) is 11.5. The Hall–Kier alpha value is -1.37. The van der Waals surface area contributed by atoms with Gasteiger partial charge in [-0.25, -0.2) is 0 Å². The fourth-order valence-electron chi connectivity index (χ4n) is 3.12. The fraction of sp³-hybridized carbons (Fsp3) is 0.579. The molecule has 0 radical (unpaired) electrons. The van der Waals surface area contributed by atoms with E-state index in [1.165, 1.54) is 38.2 Å². The highest BCUT2D eigenvalue weighted by Gasteiger charge is 2.19. The van der Waals surface area contributed by atoms with Gasteiger partial charge in [-0.3, -0.25) is 9.27 Å². The molecule has 142 valence electrons. The Morgan fingerprint density at radius 2 is 1.96 bits per heavy atom. The van der Waals surface area contributed by atoms with E-state index in [4.69, 9.17) is 4.74 Å². The Morgan fingerprint density at radius 1 is 1.32 bits per heavy atom. The predicted molar refractivity (Wildman–Crippen MR) is 105 cm³/mol. The van der Waals surface area contributed by atoms with Gasteiger partial charge >= 0.3 is 0 Å². The van der Waals surface area contributed by atoms with Crippen molar-refractivity contribution < 1.29 is 18.6 Å². The van der Waals surface area contributed by atoms with Crippen LogP contribution in [0.4, 0.5) is 5.69 Å². The molecule has 5 nitrogen and oxygen atoms in total. The molecule has 1 saturated carbocycles. The largest absolute Gasteiger partial charge is 0.508 e. The van der Waals surface area contributed by atoms with Gasteiger partial charge in [0.25, 0.3) is 0 Å². The molecule has 1 aliphatic rings. The highest BCUT2D eigenvalue weighted by molar-refractivity contribution is 8.15. The molecule has 1 aromatic carbocycles. The van der Waals surface area contributed by atoms with Crippen molar-refractivity contribution in [3.63, 3.8) is 0 Å². The summed E-state index contributed by atoms with van der Waals surface area (Å²) in [6, 6.07) is 5.15. The van der Waals surface area contributed by atoms with E-state index in [9.17, 15) is 13.9 Å². The second-order valence-electron chi connectivity index (χ2n) is 7.83. The SMILES string of the molecule is C=C(O)c1ccc(COCC2CCC(C)CC2)c(NS(C)(C)(=O)O)c1. The first-order valence-electron chi connectivity index (χ1n) is 8.73. The average Bonchev–Trinajstić information content (AvgIpc) is 2.48. The highest BCUT2D eigenvalue weighted by atomic mass is 32.3. The molecule has 6 heteroatoms. The van der Waals surface area contributed by atoms with Crippen LogP contribution in [0.2, 0.25) is 0 Å². The van der Waals surface area contributed by atoms with Crippen LogP contribution in [0.15, 0.2) is 24.8 Å². The Labute approximate surface area is 150 Å². The zero-order chi connectivity index (χ0) is 18.7. The van der Waals surface area contributed by atoms with Gasteiger partial charge in [0.1, 0.15) is 5.76 Å². The molecule has 0 heterocycles. The molecule has 2 rings (SSSR count). The molecule has 1 fully saturated rings. The first kappa shape index (κ1) is 19.9. The van der Waals surface area contributed by atoms with E-state index < -0.39 is 9.53 Å². The molecule has 0 spiro atoms. The van der Waals surface area contributed by atoms with Crippen molar-refractivity contribution in [2.75, 3.05) is 23.8 Å². The Morgan fingerprint density at radius 3 is 2.52 bits per heavy atom. The fourth-order valence-corrected chi connectivity index (χ4v) is 3.94. The average molecular weight is 370 g/mol. The molecule has 0 saturated heterocycles. The maximum absolute atomic E-state index is 12.3. The third-order valence-electron chi connectivity index (χ3n) is 4.59. The lowest BCUT2D eigenvalue weighted by Gasteiger charge is -2.36. The quantitative estimate of drug-likeness (QED) is 0.621. The van der Waals surface area contributed by atoms with Crippen molar-refractivity contribution >= 4 is 21.0 Å². The van der Waals surface area contributed by atoms with Crippen LogP contribution in [0.25, 0.3) is 5.76 Å². The summed E-state index contributed by atoms with van der Waals surface area (Å²) < 4.78 is 30.9. The van der Waals surface area contributed by atoms with Gasteiger partial charge in [0.05, 0.1) is 12.3 Å². The van der Waals surface area contributed by atoms with E-state index in [1.807, 2.05) is 0 Å². The number of benzene rings is 1. The number of ether oxygens (including phenoxy) is 1. The molecule has 1 aliphatic carbocycles. The summed E-state index contributed by atoms with van der Waals surface area (Å²) in [4.78, 5) is 0. The first-order valence-corrected chi connectivity index (χ1v) is 11.5. The van der Waals surface area contributed by atoms with E-state index in [-0.39, 0.29) is 5.76 Å². The van der Waals surface area contributed by atoms with Gasteiger partial charge in [0, 0.05) is 30.2 Å². The molecule has 0 aliphatic heterocycles. The van der Waals surface area contributed by atoms with Crippen molar-refractivity contribution in [1.82, 2.24) is 0 Å². The summed E-state index contributed by atoms with van der Waals surface area (Å²) in [6.45, 7) is 6.86. The standard InChI is InChI=1S/C19H31NO4S/c1-14-5-7-16(8-6-14)12-24-13-18-10-9-17(15(2)21)11-19(18)20-25(3,4,22)23/h9-11,14,16,21H,2,5-8,12-13H2,1,3-4H3,(H2,20,22,23). The summed E-state index contributed by atoms with van der Waals surface area (Å²) in [6.07, 6.45) is 7.43. The van der Waals surface area contributed by atoms with Crippen LogP contribution in [0.1, 0.15) is 43.7 Å². The molecule has 0 atom stereocenters. The van der Waals surface area contributed by atoms with Gasteiger partial charge in [-0.1, -0.05) is 38.5 Å². The Bertz CT molecular complexity index is 676. The molecule has 1 aromatic rings. The molecule has 3 N–H and O–H groups in total. The summed E-state index contributed by atoms with van der Waals surface area (Å²) in [5, 5.41) is 9.58. The van der Waals surface area contributed by atoms with Crippen molar-refractivity contribution in [3.8, 4) is 0 Å². The lowest BCUT2D eigenvalue weighted by atomic mass is 9.83. The minimum absolute atomic E-state index is 0.0828. The van der Waals surface area contributed by atoms with Crippen molar-refractivity contribution in [1.29, 1.82) is 0 Å². The smallest absolute Gasteiger partial charge is 0.115 e. The predicted octanol–water partition coefficient (Wildman–Crippen LogP) is 4.44. The molecule has 0 bridgehead atoms. The van der Waals surface area contributed by atoms with Crippen LogP contribution >= 0.6 is 0 Å². The Kier molecular flexibility index (Phi) is 5.97. The van der Waals surface area contributed by atoms with E-state index in [2.05, 4.69) is 18.2 Å². The van der Waals surface area contributed by atoms with Gasteiger partial charge in [-0.15, -0.1) is 9.53 Å². The molecular formula is C19H31NO4S. The van der Waals surface area contributed by atoms with Crippen LogP contribution < -0.4 is 4.72 Å². The third-order valence-corrected chi connectivity index (χ3v) is 5.39. The second-order valence-corrected chi connectivity index (χ2v) is 11.6. The topological polar surface area (TPSA) is 78.8 Å². The van der Waals surface area contributed by atoms with Crippen molar-refractivity contribution in [2.24, 2.45) is 11.8 Å². The highest BCUT2D eigenvalue weighted by Crippen LogP contribution is 2.30. The monoisotopic (exact) mass is 369 g/mol. The number of hydrogen-bond acceptors (Lipinski definition) is 3. The lowest BCUT2D eigenvalue weighted by molar-refractivity contribution is 0.0687.